The van der Waals surface area contributed by atoms with Gasteiger partial charge in [-0.05, 0) is 19.8 Å². The zero-order valence-corrected chi connectivity index (χ0v) is 9.26. The maximum Gasteiger partial charge on any atom is 0.258 e. The SMILES string of the molecule is Cc1ncc(S(=O)(=O)NC2(CN)CC2)[nH]1. The van der Waals surface area contributed by atoms with E-state index in [-0.39, 0.29) is 5.03 Å². The van der Waals surface area contributed by atoms with Crippen LogP contribution in [0.3, 0.4) is 0 Å². The van der Waals surface area contributed by atoms with Gasteiger partial charge in [-0.15, -0.1) is 0 Å². The van der Waals surface area contributed by atoms with E-state index in [1.54, 1.807) is 6.92 Å². The van der Waals surface area contributed by atoms with Crippen molar-refractivity contribution in [2.24, 2.45) is 5.73 Å². The molecule has 6 nitrogen and oxygen atoms in total. The van der Waals surface area contributed by atoms with Crippen LogP contribution in [0.5, 0.6) is 0 Å². The van der Waals surface area contributed by atoms with Gasteiger partial charge in [-0.2, -0.15) is 0 Å². The summed E-state index contributed by atoms with van der Waals surface area (Å²) < 4.78 is 26.2. The van der Waals surface area contributed by atoms with Gasteiger partial charge < -0.3 is 10.7 Å². The number of nitrogens with two attached hydrogens (primary N) is 1. The molecule has 4 N–H and O–H groups in total. The number of aromatic nitrogens is 2. The van der Waals surface area contributed by atoms with Gasteiger partial charge in [0.05, 0.1) is 6.20 Å². The average molecular weight is 230 g/mol. The first kappa shape index (κ1) is 10.6. The molecule has 0 aliphatic heterocycles. The van der Waals surface area contributed by atoms with Crippen LogP contribution >= 0.6 is 0 Å². The lowest BCUT2D eigenvalue weighted by atomic mass is 10.3. The lowest BCUT2D eigenvalue weighted by molar-refractivity contribution is 0.542. The molecule has 0 unspecified atom stereocenters. The first-order valence-electron chi connectivity index (χ1n) is 4.73. The van der Waals surface area contributed by atoms with Crippen molar-refractivity contribution in [1.29, 1.82) is 0 Å². The van der Waals surface area contributed by atoms with Crippen molar-refractivity contribution in [3.05, 3.63) is 12.0 Å². The van der Waals surface area contributed by atoms with Gasteiger partial charge in [-0.3, -0.25) is 0 Å². The molecule has 1 aliphatic carbocycles. The summed E-state index contributed by atoms with van der Waals surface area (Å²) in [6.45, 7) is 2.04. The molecule has 7 heteroatoms. The topological polar surface area (TPSA) is 101 Å². The van der Waals surface area contributed by atoms with E-state index in [9.17, 15) is 8.42 Å². The molecule has 0 spiro atoms. The number of H-pyrrole nitrogens is 1. The molecule has 0 bridgehead atoms. The van der Waals surface area contributed by atoms with Crippen LogP contribution in [0.25, 0.3) is 0 Å². The number of nitrogens with one attached hydrogen (secondary N) is 2. The molecule has 1 aromatic rings. The number of aryl methyl sites for hydroxylation is 1. The summed E-state index contributed by atoms with van der Waals surface area (Å²) in [4.78, 5) is 6.54. The monoisotopic (exact) mass is 230 g/mol. The fourth-order valence-electron chi connectivity index (χ4n) is 1.37. The maximum atomic E-state index is 11.8. The first-order valence-corrected chi connectivity index (χ1v) is 6.21. The van der Waals surface area contributed by atoms with Crippen molar-refractivity contribution in [2.45, 2.75) is 30.3 Å². The Bertz CT molecular complexity index is 461. The third-order valence-corrected chi connectivity index (χ3v) is 4.05. The van der Waals surface area contributed by atoms with E-state index >= 15 is 0 Å². The van der Waals surface area contributed by atoms with Crippen molar-refractivity contribution < 1.29 is 8.42 Å². The van der Waals surface area contributed by atoms with E-state index in [2.05, 4.69) is 14.7 Å². The summed E-state index contributed by atoms with van der Waals surface area (Å²) in [7, 11) is -3.49. The molecule has 0 atom stereocenters. The second kappa shape index (κ2) is 3.29. The summed E-state index contributed by atoms with van der Waals surface area (Å²) in [5.74, 6) is 0.577. The van der Waals surface area contributed by atoms with Gasteiger partial charge in [0.25, 0.3) is 10.0 Å². The minimum absolute atomic E-state index is 0.0970. The molecule has 2 rings (SSSR count). The molecule has 0 aromatic carbocycles. The molecule has 1 saturated carbocycles. The number of hydrogen-bond donors (Lipinski definition) is 3. The fourth-order valence-corrected chi connectivity index (χ4v) is 2.81. The number of nitrogens with zero attached hydrogens (tertiary/aromatic N) is 1. The van der Waals surface area contributed by atoms with Crippen LogP contribution in [0.1, 0.15) is 18.7 Å². The smallest absolute Gasteiger partial charge is 0.258 e. The summed E-state index contributed by atoms with van der Waals surface area (Å²) in [5, 5.41) is 0.0970. The molecular weight excluding hydrogens is 216 g/mol. The van der Waals surface area contributed by atoms with E-state index in [0.29, 0.717) is 12.4 Å². The van der Waals surface area contributed by atoms with Crippen LogP contribution in [0.15, 0.2) is 11.2 Å². The summed E-state index contributed by atoms with van der Waals surface area (Å²) >= 11 is 0. The largest absolute Gasteiger partial charge is 0.332 e. The van der Waals surface area contributed by atoms with Gasteiger partial charge in [0.2, 0.25) is 0 Å². The molecule has 1 heterocycles. The van der Waals surface area contributed by atoms with Crippen molar-refractivity contribution >= 4 is 10.0 Å². The molecule has 0 saturated heterocycles. The Balaban J connectivity index is 2.21. The van der Waals surface area contributed by atoms with Crippen LogP contribution in [0.4, 0.5) is 0 Å². The maximum absolute atomic E-state index is 11.8. The number of imidazole rings is 1. The van der Waals surface area contributed by atoms with Crippen molar-refractivity contribution in [1.82, 2.24) is 14.7 Å². The zero-order chi connectivity index (χ0) is 11.1. The Morgan fingerprint density at radius 1 is 1.67 bits per heavy atom. The van der Waals surface area contributed by atoms with Crippen molar-refractivity contribution in [3.8, 4) is 0 Å². The Kier molecular flexibility index (Phi) is 2.32. The Morgan fingerprint density at radius 3 is 2.73 bits per heavy atom. The number of rotatable bonds is 4. The Labute approximate surface area is 88.3 Å². The summed E-state index contributed by atoms with van der Waals surface area (Å²) in [6, 6.07) is 0. The minimum Gasteiger partial charge on any atom is -0.332 e. The zero-order valence-electron chi connectivity index (χ0n) is 8.45. The predicted molar refractivity (Wildman–Crippen MR) is 54.7 cm³/mol. The van der Waals surface area contributed by atoms with Crippen LogP contribution in [0, 0.1) is 6.92 Å². The number of hydrogen-bond acceptors (Lipinski definition) is 4. The highest BCUT2D eigenvalue weighted by Gasteiger charge is 2.45. The van der Waals surface area contributed by atoms with Crippen LogP contribution < -0.4 is 10.5 Å². The molecular formula is C8H14N4O2S. The van der Waals surface area contributed by atoms with Gasteiger partial charge in [0, 0.05) is 12.1 Å². The van der Waals surface area contributed by atoms with Crippen molar-refractivity contribution in [2.75, 3.05) is 6.54 Å². The molecule has 1 fully saturated rings. The molecule has 1 aliphatic rings. The highest BCUT2D eigenvalue weighted by atomic mass is 32.2. The average Bonchev–Trinajstić information content (AvgIpc) is 2.78. The van der Waals surface area contributed by atoms with Crippen LogP contribution in [-0.4, -0.2) is 30.5 Å². The standard InChI is InChI=1S/C8H14N4O2S/c1-6-10-4-7(11-6)15(13,14)12-8(5-9)2-3-8/h4,12H,2-3,5,9H2,1H3,(H,10,11). The third kappa shape index (κ3) is 2.04. The predicted octanol–water partition coefficient (Wildman–Crippen LogP) is -0.512. The molecule has 0 radical (unpaired) electrons. The van der Waals surface area contributed by atoms with Gasteiger partial charge in [-0.25, -0.2) is 18.1 Å². The van der Waals surface area contributed by atoms with E-state index in [1.165, 1.54) is 6.20 Å². The molecule has 84 valence electrons. The van der Waals surface area contributed by atoms with Crippen molar-refractivity contribution in [3.63, 3.8) is 0 Å². The van der Waals surface area contributed by atoms with E-state index < -0.39 is 15.6 Å². The number of sulfonamides is 1. The minimum atomic E-state index is -3.49. The first-order chi connectivity index (χ1) is 6.97. The highest BCUT2D eigenvalue weighted by molar-refractivity contribution is 7.89. The Morgan fingerprint density at radius 2 is 2.33 bits per heavy atom. The van der Waals surface area contributed by atoms with E-state index in [0.717, 1.165) is 12.8 Å². The third-order valence-electron chi connectivity index (χ3n) is 2.56. The summed E-state index contributed by atoms with van der Waals surface area (Å²) in [6.07, 6.45) is 2.91. The van der Waals surface area contributed by atoms with Gasteiger partial charge in [-0.1, -0.05) is 0 Å². The lowest BCUT2D eigenvalue weighted by Crippen LogP contribution is -2.42. The Hall–Kier alpha value is -0.920. The second-order valence-corrected chi connectivity index (χ2v) is 5.57. The normalized spacial score (nSPS) is 19.1. The number of aromatic amines is 1. The van der Waals surface area contributed by atoms with Gasteiger partial charge >= 0.3 is 0 Å². The molecule has 15 heavy (non-hydrogen) atoms. The van der Waals surface area contributed by atoms with Gasteiger partial charge in [0.15, 0.2) is 5.03 Å². The molecule has 1 aromatic heterocycles. The summed E-state index contributed by atoms with van der Waals surface area (Å²) in [5.41, 5.74) is 5.09. The van der Waals surface area contributed by atoms with E-state index in [1.807, 2.05) is 0 Å². The lowest BCUT2D eigenvalue weighted by Gasteiger charge is -2.13. The highest BCUT2D eigenvalue weighted by Crippen LogP contribution is 2.35. The second-order valence-electron chi connectivity index (χ2n) is 3.92. The quantitative estimate of drug-likeness (QED) is 0.648. The molecule has 0 amide bonds. The van der Waals surface area contributed by atoms with Gasteiger partial charge in [0.1, 0.15) is 5.82 Å². The van der Waals surface area contributed by atoms with Crippen LogP contribution in [-0.2, 0) is 10.0 Å². The fraction of sp³-hybridized carbons (Fsp3) is 0.625. The van der Waals surface area contributed by atoms with Crippen LogP contribution in [0.2, 0.25) is 0 Å². The van der Waals surface area contributed by atoms with E-state index in [4.69, 9.17) is 5.73 Å².